The molecule has 0 aliphatic heterocycles. The quantitative estimate of drug-likeness (QED) is 0.592. The molecule has 6 heteroatoms. The molecule has 0 bridgehead atoms. The number of hydrogen-bond donors (Lipinski definition) is 3. The first-order valence-electron chi connectivity index (χ1n) is 6.02. The van der Waals surface area contributed by atoms with Crippen LogP contribution in [0.25, 0.3) is 0 Å². The lowest BCUT2D eigenvalue weighted by Gasteiger charge is -2.21. The summed E-state index contributed by atoms with van der Waals surface area (Å²) in [5.41, 5.74) is 4.59. The maximum Gasteiger partial charge on any atom is 0.232 e. The van der Waals surface area contributed by atoms with Crippen molar-refractivity contribution >= 4 is 29.0 Å². The number of thiocarbonyl (C=S) groups is 1. The van der Waals surface area contributed by atoms with Crippen LogP contribution < -0.4 is 16.4 Å². The van der Waals surface area contributed by atoms with E-state index in [1.54, 1.807) is 13.8 Å². The highest BCUT2D eigenvalue weighted by Gasteiger charge is 2.30. The summed E-state index contributed by atoms with van der Waals surface area (Å²) in [6, 6.07) is 0. The van der Waals surface area contributed by atoms with E-state index in [0.29, 0.717) is 12.5 Å². The second-order valence-corrected chi connectivity index (χ2v) is 5.63. The lowest BCUT2D eigenvalue weighted by molar-refractivity contribution is -0.126. The van der Waals surface area contributed by atoms with Crippen LogP contribution in [0.5, 0.6) is 0 Å². The first kappa shape index (κ1) is 16.8. The van der Waals surface area contributed by atoms with Gasteiger partial charge in [-0.2, -0.15) is 0 Å². The van der Waals surface area contributed by atoms with Gasteiger partial charge in [0.1, 0.15) is 0 Å². The second-order valence-electron chi connectivity index (χ2n) is 5.19. The maximum atomic E-state index is 11.7. The highest BCUT2D eigenvalue weighted by molar-refractivity contribution is 7.80. The first-order valence-corrected chi connectivity index (χ1v) is 6.43. The largest absolute Gasteiger partial charge is 0.392 e. The minimum absolute atomic E-state index is 0.0721. The van der Waals surface area contributed by atoms with Crippen molar-refractivity contribution in [3.05, 3.63) is 0 Å². The molecule has 0 heterocycles. The lowest BCUT2D eigenvalue weighted by Crippen LogP contribution is -2.45. The van der Waals surface area contributed by atoms with Crippen LogP contribution in [0.3, 0.4) is 0 Å². The average molecular weight is 273 g/mol. The van der Waals surface area contributed by atoms with E-state index in [4.69, 9.17) is 18.0 Å². The molecule has 0 aromatic rings. The van der Waals surface area contributed by atoms with Crippen molar-refractivity contribution in [3.8, 4) is 0 Å². The molecule has 0 aliphatic carbocycles. The third-order valence-electron chi connectivity index (χ3n) is 2.53. The fourth-order valence-corrected chi connectivity index (χ4v) is 1.12. The Hall–Kier alpha value is -1.17. The minimum Gasteiger partial charge on any atom is -0.392 e. The van der Waals surface area contributed by atoms with Gasteiger partial charge in [-0.25, -0.2) is 0 Å². The van der Waals surface area contributed by atoms with Crippen molar-refractivity contribution in [3.63, 3.8) is 0 Å². The second kappa shape index (κ2) is 7.31. The van der Waals surface area contributed by atoms with Crippen LogP contribution in [-0.4, -0.2) is 29.9 Å². The molecule has 0 aromatic heterocycles. The molecule has 4 N–H and O–H groups in total. The smallest absolute Gasteiger partial charge is 0.232 e. The molecular formula is C12H23N3O2S. The van der Waals surface area contributed by atoms with Gasteiger partial charge < -0.3 is 16.4 Å². The van der Waals surface area contributed by atoms with E-state index < -0.39 is 5.41 Å². The summed E-state index contributed by atoms with van der Waals surface area (Å²) in [6.45, 7) is 8.28. The molecule has 0 aromatic carbocycles. The molecule has 0 saturated carbocycles. The SMILES string of the molecule is CC(C)CNC(=O)CCNC(=O)C(C)(C)C(N)=S. The molecule has 0 atom stereocenters. The molecule has 0 aliphatic rings. The number of hydrogen-bond acceptors (Lipinski definition) is 3. The van der Waals surface area contributed by atoms with E-state index in [1.165, 1.54) is 0 Å². The monoisotopic (exact) mass is 273 g/mol. The van der Waals surface area contributed by atoms with Crippen molar-refractivity contribution in [2.45, 2.75) is 34.1 Å². The summed E-state index contributed by atoms with van der Waals surface area (Å²) in [7, 11) is 0. The van der Waals surface area contributed by atoms with E-state index in [2.05, 4.69) is 10.6 Å². The highest BCUT2D eigenvalue weighted by atomic mass is 32.1. The van der Waals surface area contributed by atoms with Crippen LogP contribution >= 0.6 is 12.2 Å². The Morgan fingerprint density at radius 3 is 2.28 bits per heavy atom. The molecule has 0 saturated heterocycles. The van der Waals surface area contributed by atoms with E-state index in [1.807, 2.05) is 13.8 Å². The van der Waals surface area contributed by atoms with Gasteiger partial charge in [0.2, 0.25) is 11.8 Å². The predicted molar refractivity (Wildman–Crippen MR) is 76.0 cm³/mol. The highest BCUT2D eigenvalue weighted by Crippen LogP contribution is 2.14. The van der Waals surface area contributed by atoms with Crippen molar-refractivity contribution in [2.75, 3.05) is 13.1 Å². The van der Waals surface area contributed by atoms with Gasteiger partial charge in [0.25, 0.3) is 0 Å². The Kier molecular flexibility index (Phi) is 6.83. The topological polar surface area (TPSA) is 84.2 Å². The molecule has 2 amide bonds. The Morgan fingerprint density at radius 1 is 1.28 bits per heavy atom. The zero-order valence-corrected chi connectivity index (χ0v) is 12.3. The number of carbonyl (C=O) groups is 2. The van der Waals surface area contributed by atoms with Gasteiger partial charge in [0, 0.05) is 19.5 Å². The first-order chi connectivity index (χ1) is 8.17. The van der Waals surface area contributed by atoms with Crippen molar-refractivity contribution in [1.82, 2.24) is 10.6 Å². The fourth-order valence-electron chi connectivity index (χ4n) is 1.03. The van der Waals surface area contributed by atoms with Crippen LogP contribution in [0.4, 0.5) is 0 Å². The Morgan fingerprint density at radius 2 is 1.83 bits per heavy atom. The standard InChI is InChI=1S/C12H23N3O2S/c1-8(2)7-15-9(16)5-6-14-11(17)12(3,4)10(13)18/h8H,5-7H2,1-4H3,(H2,13,18)(H,14,17)(H,15,16). The molecule has 104 valence electrons. The van der Waals surface area contributed by atoms with Gasteiger partial charge in [0.05, 0.1) is 10.4 Å². The third kappa shape index (κ3) is 5.95. The summed E-state index contributed by atoms with van der Waals surface area (Å²) in [5.74, 6) is 0.0841. The summed E-state index contributed by atoms with van der Waals surface area (Å²) in [4.78, 5) is 23.3. The van der Waals surface area contributed by atoms with E-state index in [-0.39, 0.29) is 29.8 Å². The number of carbonyl (C=O) groups excluding carboxylic acids is 2. The zero-order chi connectivity index (χ0) is 14.3. The number of rotatable bonds is 7. The summed E-state index contributed by atoms with van der Waals surface area (Å²) in [5, 5.41) is 5.43. The van der Waals surface area contributed by atoms with Crippen LogP contribution in [-0.2, 0) is 9.59 Å². The maximum absolute atomic E-state index is 11.7. The predicted octanol–water partition coefficient (Wildman–Crippen LogP) is 0.577. The summed E-state index contributed by atoms with van der Waals surface area (Å²) >= 11 is 4.82. The minimum atomic E-state index is -0.885. The summed E-state index contributed by atoms with van der Waals surface area (Å²) in [6.07, 6.45) is 0.256. The zero-order valence-electron chi connectivity index (χ0n) is 11.5. The van der Waals surface area contributed by atoms with Crippen LogP contribution in [0.1, 0.15) is 34.1 Å². The Bertz CT molecular complexity index is 327. The van der Waals surface area contributed by atoms with Crippen molar-refractivity contribution < 1.29 is 9.59 Å². The normalized spacial score (nSPS) is 11.2. The molecule has 0 rings (SSSR count). The van der Waals surface area contributed by atoms with Crippen LogP contribution in [0, 0.1) is 11.3 Å². The molecule has 18 heavy (non-hydrogen) atoms. The van der Waals surface area contributed by atoms with E-state index in [0.717, 1.165) is 0 Å². The van der Waals surface area contributed by atoms with Gasteiger partial charge in [-0.15, -0.1) is 0 Å². The van der Waals surface area contributed by atoms with E-state index >= 15 is 0 Å². The van der Waals surface area contributed by atoms with Crippen molar-refractivity contribution in [2.24, 2.45) is 17.1 Å². The molecule has 5 nitrogen and oxygen atoms in total. The molecule has 0 radical (unpaired) electrons. The van der Waals surface area contributed by atoms with Crippen LogP contribution in [0.2, 0.25) is 0 Å². The van der Waals surface area contributed by atoms with Gasteiger partial charge in [-0.3, -0.25) is 9.59 Å². The van der Waals surface area contributed by atoms with Crippen LogP contribution in [0.15, 0.2) is 0 Å². The van der Waals surface area contributed by atoms with Gasteiger partial charge in [-0.05, 0) is 19.8 Å². The number of nitrogens with two attached hydrogens (primary N) is 1. The Labute approximate surface area is 114 Å². The number of amides is 2. The summed E-state index contributed by atoms with van der Waals surface area (Å²) < 4.78 is 0. The van der Waals surface area contributed by atoms with Gasteiger partial charge >= 0.3 is 0 Å². The number of nitrogens with one attached hydrogen (secondary N) is 2. The molecule has 0 unspecified atom stereocenters. The lowest BCUT2D eigenvalue weighted by atomic mass is 9.92. The molecular weight excluding hydrogens is 250 g/mol. The fraction of sp³-hybridized carbons (Fsp3) is 0.750. The van der Waals surface area contributed by atoms with E-state index in [9.17, 15) is 9.59 Å². The van der Waals surface area contributed by atoms with Crippen molar-refractivity contribution in [1.29, 1.82) is 0 Å². The molecule has 0 spiro atoms. The average Bonchev–Trinajstić information content (AvgIpc) is 2.25. The van der Waals surface area contributed by atoms with Gasteiger partial charge in [-0.1, -0.05) is 26.1 Å². The molecule has 0 fully saturated rings. The van der Waals surface area contributed by atoms with Gasteiger partial charge in [0.15, 0.2) is 0 Å². The third-order valence-corrected chi connectivity index (χ3v) is 3.04. The Balaban J connectivity index is 3.95.